The fourth-order valence-electron chi connectivity index (χ4n) is 6.78. The summed E-state index contributed by atoms with van der Waals surface area (Å²) >= 11 is 0.972. The Morgan fingerprint density at radius 3 is 2.24 bits per heavy atom. The van der Waals surface area contributed by atoms with Gasteiger partial charge in [-0.1, -0.05) is 58.5 Å². The molecule has 2 aromatic rings. The van der Waals surface area contributed by atoms with Crippen LogP contribution in [0.4, 0.5) is 4.79 Å². The fourth-order valence-corrected chi connectivity index (χ4v) is 7.64. The molecule has 0 aromatic heterocycles. The van der Waals surface area contributed by atoms with Gasteiger partial charge in [0.15, 0.2) is 5.60 Å². The van der Waals surface area contributed by atoms with Crippen LogP contribution in [0.5, 0.6) is 17.2 Å². The smallest absolute Gasteiger partial charge is 0.286 e. The van der Waals surface area contributed by atoms with Crippen molar-refractivity contribution in [1.29, 1.82) is 0 Å². The number of carbonyl (C=O) groups is 6. The minimum absolute atomic E-state index is 0.111. The molecule has 3 atom stereocenters. The zero-order chi connectivity index (χ0) is 44.0. The molecule has 2 aliphatic rings. The number of ether oxygens (including phenoxy) is 2. The van der Waals surface area contributed by atoms with Crippen molar-refractivity contribution < 1.29 is 48.6 Å². The van der Waals surface area contributed by atoms with E-state index in [4.69, 9.17) is 14.7 Å². The first kappa shape index (κ1) is 48.5. The predicted octanol–water partition coefficient (Wildman–Crippen LogP) is 5.05. The number of hydrogen-bond acceptors (Lipinski definition) is 11. The molecule has 2 aliphatic heterocycles. The van der Waals surface area contributed by atoms with E-state index in [0.29, 0.717) is 49.2 Å². The number of amides is 6. The van der Waals surface area contributed by atoms with E-state index in [1.165, 1.54) is 0 Å². The number of thioether (sulfide) groups is 1. The zero-order valence-corrected chi connectivity index (χ0v) is 36.7. The quantitative estimate of drug-likeness (QED) is 0.0665. The van der Waals surface area contributed by atoms with Crippen LogP contribution < -0.4 is 30.9 Å². The van der Waals surface area contributed by atoms with Crippen LogP contribution in [0.3, 0.4) is 0 Å². The van der Waals surface area contributed by atoms with Crippen LogP contribution in [-0.2, 0) is 36.8 Å². The molecule has 2 unspecified atom stereocenters. The number of fused-ring (bicyclic) bond motifs is 1. The van der Waals surface area contributed by atoms with Gasteiger partial charge in [0.1, 0.15) is 23.9 Å². The summed E-state index contributed by atoms with van der Waals surface area (Å²) in [6.45, 7) is 18.1. The topological polar surface area (TPSA) is 213 Å². The molecular formula is C43H63N5O10S. The van der Waals surface area contributed by atoms with Gasteiger partial charge in [-0.3, -0.25) is 39.3 Å². The second kappa shape index (κ2) is 22.5. The maximum Gasteiger partial charge on any atom is 0.286 e. The van der Waals surface area contributed by atoms with E-state index >= 15 is 0 Å². The van der Waals surface area contributed by atoms with Crippen molar-refractivity contribution in [2.75, 3.05) is 32.8 Å². The van der Waals surface area contributed by atoms with E-state index in [1.807, 2.05) is 46.8 Å². The molecule has 4 rings (SSSR count). The van der Waals surface area contributed by atoms with E-state index < -0.39 is 34.5 Å². The average Bonchev–Trinajstić information content (AvgIpc) is 3.50. The van der Waals surface area contributed by atoms with E-state index in [2.05, 4.69) is 36.7 Å². The van der Waals surface area contributed by atoms with Crippen LogP contribution in [0.25, 0.3) is 0 Å². The fraction of sp³-hybridized carbons (Fsp3) is 0.581. The molecule has 0 bridgehead atoms. The molecule has 59 heavy (non-hydrogen) atoms. The van der Waals surface area contributed by atoms with Crippen molar-refractivity contribution in [2.24, 2.45) is 17.8 Å². The number of benzene rings is 2. The third-order valence-electron chi connectivity index (χ3n) is 10.0. The summed E-state index contributed by atoms with van der Waals surface area (Å²) in [6, 6.07) is 7.20. The normalized spacial score (nSPS) is 17.5. The van der Waals surface area contributed by atoms with E-state index in [0.717, 1.165) is 39.9 Å². The molecule has 6 amide bonds. The van der Waals surface area contributed by atoms with Crippen molar-refractivity contribution in [3.05, 3.63) is 52.1 Å². The Morgan fingerprint density at radius 2 is 1.64 bits per heavy atom. The molecule has 0 spiro atoms. The second-order valence-corrected chi connectivity index (χ2v) is 17.6. The number of hydrogen-bond donors (Lipinski definition) is 6. The highest BCUT2D eigenvalue weighted by Gasteiger charge is 2.43. The highest BCUT2D eigenvalue weighted by molar-refractivity contribution is 8.15. The number of phenolic OH excluding ortho intramolecular Hbond substituents is 1. The molecule has 0 aliphatic carbocycles. The van der Waals surface area contributed by atoms with Gasteiger partial charge in [-0.05, 0) is 99.6 Å². The minimum atomic E-state index is -1.20. The van der Waals surface area contributed by atoms with Gasteiger partial charge >= 0.3 is 0 Å². The van der Waals surface area contributed by atoms with Crippen molar-refractivity contribution in [3.8, 4) is 17.2 Å². The van der Waals surface area contributed by atoms with Crippen LogP contribution in [0.2, 0.25) is 0 Å². The van der Waals surface area contributed by atoms with Gasteiger partial charge in [0.25, 0.3) is 11.1 Å². The van der Waals surface area contributed by atoms with Crippen LogP contribution in [0.1, 0.15) is 95.0 Å². The zero-order valence-electron chi connectivity index (χ0n) is 35.9. The summed E-state index contributed by atoms with van der Waals surface area (Å²) in [5.74, 6) is -0.503. The summed E-state index contributed by atoms with van der Waals surface area (Å²) in [5, 5.41) is 26.3. The molecule has 2 heterocycles. The number of imide groups is 1. The number of carbonyl (C=O) groups excluding carboxylic acids is 6. The number of hydroxylamine groups is 1. The minimum Gasteiger partial charge on any atom is -0.507 e. The number of aromatic hydroxyl groups is 1. The third kappa shape index (κ3) is 14.4. The van der Waals surface area contributed by atoms with E-state index in [-0.39, 0.29) is 67.9 Å². The lowest BCUT2D eigenvalue weighted by molar-refractivity contribution is -0.148. The van der Waals surface area contributed by atoms with Crippen LogP contribution >= 0.6 is 11.8 Å². The molecule has 326 valence electrons. The lowest BCUT2D eigenvalue weighted by atomic mass is 9.86. The van der Waals surface area contributed by atoms with E-state index in [9.17, 15) is 33.9 Å². The molecule has 16 heteroatoms. The molecule has 2 aromatic carbocycles. The van der Waals surface area contributed by atoms with E-state index in [1.54, 1.807) is 29.4 Å². The maximum absolute atomic E-state index is 14.3. The van der Waals surface area contributed by atoms with Gasteiger partial charge in [-0.2, -0.15) is 0 Å². The number of nitrogens with one attached hydrogen (secondary N) is 4. The summed E-state index contributed by atoms with van der Waals surface area (Å²) in [5.41, 5.74) is 4.30. The molecule has 1 saturated heterocycles. The third-order valence-corrected chi connectivity index (χ3v) is 11.0. The standard InChI is InChI=1S/C39H53N5O10S.C4H10/c1-22(2)18-27(20-31(45)43-52)35(48)41-21-32(46)40-14-7-15-44(16-17-53-28-10-8-26(9-11-28)19-30-36(49)42-38(51)55-30)37(50)39(6)13-12-29-25(5)33(47)23(3)24(4)34(29)54-39;1-4(2)3/h8-11,22,27,30,47,52H,7,12-21H2,1-6H3,(H,40,46)(H,41,48)(H,43,45)(H,42,49,51);4H,1-3H3/t27-,30?,39?;/m1./s1. The average molecular weight is 842 g/mol. The lowest BCUT2D eigenvalue weighted by Crippen LogP contribution is -2.54. The molecular weight excluding hydrogens is 779 g/mol. The number of rotatable bonds is 18. The highest BCUT2D eigenvalue weighted by atomic mass is 32.2. The SMILES string of the molecule is CC(C)C.Cc1c(C)c2c(c(C)c1O)CCC(C)(C(=O)N(CCCNC(=O)CNC(=O)[C@@H](CC(=O)NO)CC(C)C)CCOc1ccc(CC3SC(=O)NC3=O)cc1)O2. The summed E-state index contributed by atoms with van der Waals surface area (Å²) in [7, 11) is 0. The maximum atomic E-state index is 14.3. The largest absolute Gasteiger partial charge is 0.507 e. The number of nitrogens with zero attached hydrogens (tertiary/aromatic N) is 1. The molecule has 6 N–H and O–H groups in total. The lowest BCUT2D eigenvalue weighted by Gasteiger charge is -2.39. The first-order chi connectivity index (χ1) is 27.8. The van der Waals surface area contributed by atoms with Crippen molar-refractivity contribution in [1.82, 2.24) is 26.3 Å². The summed E-state index contributed by atoms with van der Waals surface area (Å²) < 4.78 is 12.5. The molecule has 15 nitrogen and oxygen atoms in total. The van der Waals surface area contributed by atoms with Crippen LogP contribution in [-0.4, -0.2) is 93.6 Å². The van der Waals surface area contributed by atoms with Gasteiger partial charge in [0.2, 0.25) is 23.6 Å². The van der Waals surface area contributed by atoms with Crippen molar-refractivity contribution in [2.45, 2.75) is 112 Å². The Morgan fingerprint density at radius 1 is 0.983 bits per heavy atom. The molecule has 0 saturated carbocycles. The van der Waals surface area contributed by atoms with Gasteiger partial charge in [-0.25, -0.2) is 5.48 Å². The first-order valence-corrected chi connectivity index (χ1v) is 21.1. The Labute approximate surface area is 352 Å². The van der Waals surface area contributed by atoms with Crippen molar-refractivity contribution in [3.63, 3.8) is 0 Å². The van der Waals surface area contributed by atoms with Gasteiger partial charge < -0.3 is 30.1 Å². The Kier molecular flexibility index (Phi) is 18.5. The molecule has 1 fully saturated rings. The predicted molar refractivity (Wildman–Crippen MR) is 225 cm³/mol. The Bertz CT molecular complexity index is 1820. The highest BCUT2D eigenvalue weighted by Crippen LogP contribution is 2.43. The summed E-state index contributed by atoms with van der Waals surface area (Å²) in [4.78, 5) is 76.4. The summed E-state index contributed by atoms with van der Waals surface area (Å²) in [6.07, 6.45) is 1.90. The van der Waals surface area contributed by atoms with Gasteiger partial charge in [0, 0.05) is 37.4 Å². The van der Waals surface area contributed by atoms with Crippen molar-refractivity contribution >= 4 is 46.5 Å². The monoisotopic (exact) mass is 841 g/mol. The van der Waals surface area contributed by atoms with Gasteiger partial charge in [-0.15, -0.1) is 0 Å². The Hall–Kier alpha value is -4.83. The molecule has 0 radical (unpaired) electrons. The van der Waals surface area contributed by atoms with Crippen LogP contribution in [0.15, 0.2) is 24.3 Å². The number of phenols is 1. The first-order valence-electron chi connectivity index (χ1n) is 20.3. The van der Waals surface area contributed by atoms with Gasteiger partial charge in [0.05, 0.1) is 18.3 Å². The second-order valence-electron chi connectivity index (χ2n) is 16.5. The van der Waals surface area contributed by atoms with Crippen LogP contribution in [0, 0.1) is 38.5 Å². The Balaban J connectivity index is 0.00000222.